The third-order valence-electron chi connectivity index (χ3n) is 3.80. The molecule has 0 radical (unpaired) electrons. The molecule has 3 heteroatoms. The Balaban J connectivity index is 1.80. The molecule has 1 N–H and O–H groups in total. The fourth-order valence-electron chi connectivity index (χ4n) is 2.55. The van der Waals surface area contributed by atoms with Crippen molar-refractivity contribution in [2.75, 3.05) is 13.1 Å². The number of halogens is 1. The molecular formula is C15H20FNO. The molecule has 1 atom stereocenters. The summed E-state index contributed by atoms with van der Waals surface area (Å²) >= 11 is 0. The van der Waals surface area contributed by atoms with Gasteiger partial charge in [0.25, 0.3) is 0 Å². The SMILES string of the molecule is FC1(c2cccc(OC3CC3)c2)CCCNCC1. The first-order chi connectivity index (χ1) is 8.76. The van der Waals surface area contributed by atoms with E-state index in [0.29, 0.717) is 18.9 Å². The van der Waals surface area contributed by atoms with Crippen molar-refractivity contribution in [3.63, 3.8) is 0 Å². The van der Waals surface area contributed by atoms with Gasteiger partial charge in [-0.1, -0.05) is 12.1 Å². The van der Waals surface area contributed by atoms with Crippen molar-refractivity contribution in [3.05, 3.63) is 29.8 Å². The quantitative estimate of drug-likeness (QED) is 0.888. The smallest absolute Gasteiger partial charge is 0.137 e. The number of alkyl halides is 1. The predicted molar refractivity (Wildman–Crippen MR) is 69.6 cm³/mol. The number of hydrogen-bond donors (Lipinski definition) is 1. The van der Waals surface area contributed by atoms with Crippen LogP contribution in [0.1, 0.15) is 37.7 Å². The van der Waals surface area contributed by atoms with E-state index in [9.17, 15) is 0 Å². The van der Waals surface area contributed by atoms with Crippen molar-refractivity contribution in [1.29, 1.82) is 0 Å². The zero-order chi connectivity index (χ0) is 12.4. The predicted octanol–water partition coefficient (Wildman–Crippen LogP) is 3.17. The van der Waals surface area contributed by atoms with Crippen LogP contribution in [-0.4, -0.2) is 19.2 Å². The number of hydrogen-bond acceptors (Lipinski definition) is 2. The van der Waals surface area contributed by atoms with E-state index in [2.05, 4.69) is 5.32 Å². The molecule has 0 aromatic heterocycles. The Bertz CT molecular complexity index is 409. The number of benzene rings is 1. The monoisotopic (exact) mass is 249 g/mol. The van der Waals surface area contributed by atoms with Crippen molar-refractivity contribution < 1.29 is 9.13 Å². The second kappa shape index (κ2) is 4.88. The van der Waals surface area contributed by atoms with Crippen LogP contribution in [0.15, 0.2) is 24.3 Å². The average Bonchev–Trinajstić information content (AvgIpc) is 3.18. The van der Waals surface area contributed by atoms with Crippen molar-refractivity contribution in [2.24, 2.45) is 0 Å². The first-order valence-electron chi connectivity index (χ1n) is 6.93. The molecule has 1 aliphatic heterocycles. The Hall–Kier alpha value is -1.09. The lowest BCUT2D eigenvalue weighted by Gasteiger charge is -2.24. The van der Waals surface area contributed by atoms with Gasteiger partial charge in [0, 0.05) is 0 Å². The summed E-state index contributed by atoms with van der Waals surface area (Å²) in [5.74, 6) is 0.823. The van der Waals surface area contributed by atoms with Crippen LogP contribution in [0.3, 0.4) is 0 Å². The molecule has 1 aromatic carbocycles. The molecule has 2 aliphatic rings. The highest BCUT2D eigenvalue weighted by Crippen LogP contribution is 2.37. The van der Waals surface area contributed by atoms with Gasteiger partial charge < -0.3 is 10.1 Å². The maximum Gasteiger partial charge on any atom is 0.137 e. The summed E-state index contributed by atoms with van der Waals surface area (Å²) in [7, 11) is 0. The number of nitrogens with one attached hydrogen (secondary N) is 1. The van der Waals surface area contributed by atoms with Gasteiger partial charge in [0.2, 0.25) is 0 Å². The van der Waals surface area contributed by atoms with Crippen LogP contribution in [0, 0.1) is 0 Å². The minimum atomic E-state index is -1.19. The number of rotatable bonds is 3. The molecule has 18 heavy (non-hydrogen) atoms. The van der Waals surface area contributed by atoms with Gasteiger partial charge in [-0.3, -0.25) is 0 Å². The van der Waals surface area contributed by atoms with Gasteiger partial charge in [-0.05, 0) is 62.9 Å². The molecule has 2 fully saturated rings. The van der Waals surface area contributed by atoms with Gasteiger partial charge in [-0.2, -0.15) is 0 Å². The molecule has 1 saturated heterocycles. The standard InChI is InChI=1S/C15H20FNO/c16-15(7-2-9-17-10-8-15)12-3-1-4-14(11-12)18-13-5-6-13/h1,3-4,11,13,17H,2,5-10H2. The van der Waals surface area contributed by atoms with E-state index in [4.69, 9.17) is 4.74 Å². The second-order valence-corrected chi connectivity index (χ2v) is 5.41. The summed E-state index contributed by atoms with van der Waals surface area (Å²) in [6, 6.07) is 7.63. The molecule has 1 saturated carbocycles. The highest BCUT2D eigenvalue weighted by molar-refractivity contribution is 5.33. The highest BCUT2D eigenvalue weighted by atomic mass is 19.1. The lowest BCUT2D eigenvalue weighted by atomic mass is 9.88. The summed E-state index contributed by atoms with van der Waals surface area (Å²) in [4.78, 5) is 0. The zero-order valence-electron chi connectivity index (χ0n) is 10.6. The van der Waals surface area contributed by atoms with Gasteiger partial charge in [-0.25, -0.2) is 4.39 Å². The molecule has 0 spiro atoms. The van der Waals surface area contributed by atoms with Gasteiger partial charge in [-0.15, -0.1) is 0 Å². The molecule has 0 bridgehead atoms. The van der Waals surface area contributed by atoms with Crippen molar-refractivity contribution in [1.82, 2.24) is 5.32 Å². The molecule has 0 amide bonds. The third-order valence-corrected chi connectivity index (χ3v) is 3.80. The Morgan fingerprint density at radius 2 is 2.11 bits per heavy atom. The lowest BCUT2D eigenvalue weighted by molar-refractivity contribution is 0.144. The van der Waals surface area contributed by atoms with Crippen LogP contribution in [0.5, 0.6) is 5.75 Å². The Labute approximate surface area is 108 Å². The Kier molecular flexibility index (Phi) is 3.25. The third kappa shape index (κ3) is 2.66. The second-order valence-electron chi connectivity index (χ2n) is 5.41. The molecule has 3 rings (SSSR count). The molecule has 1 aromatic rings. The lowest BCUT2D eigenvalue weighted by Crippen LogP contribution is -2.22. The van der Waals surface area contributed by atoms with Crippen LogP contribution in [0.25, 0.3) is 0 Å². The van der Waals surface area contributed by atoms with Crippen LogP contribution in [0.2, 0.25) is 0 Å². The molecule has 1 unspecified atom stereocenters. The Morgan fingerprint density at radius 1 is 1.22 bits per heavy atom. The maximum atomic E-state index is 15.0. The van der Waals surface area contributed by atoms with Crippen molar-refractivity contribution in [3.8, 4) is 5.75 Å². The molecular weight excluding hydrogens is 229 g/mol. The van der Waals surface area contributed by atoms with Crippen LogP contribution in [0.4, 0.5) is 4.39 Å². The van der Waals surface area contributed by atoms with E-state index in [0.717, 1.165) is 43.7 Å². The van der Waals surface area contributed by atoms with E-state index < -0.39 is 5.67 Å². The summed E-state index contributed by atoms with van der Waals surface area (Å²) in [6.07, 6.45) is 4.69. The van der Waals surface area contributed by atoms with Crippen molar-refractivity contribution >= 4 is 0 Å². The molecule has 98 valence electrons. The topological polar surface area (TPSA) is 21.3 Å². The molecule has 1 aliphatic carbocycles. The Morgan fingerprint density at radius 3 is 2.94 bits per heavy atom. The van der Waals surface area contributed by atoms with Crippen molar-refractivity contribution in [2.45, 2.75) is 43.9 Å². The fraction of sp³-hybridized carbons (Fsp3) is 0.600. The van der Waals surface area contributed by atoms with Gasteiger partial charge in [0.05, 0.1) is 6.10 Å². The molecule has 1 heterocycles. The maximum absolute atomic E-state index is 15.0. The van der Waals surface area contributed by atoms with E-state index >= 15 is 4.39 Å². The zero-order valence-corrected chi connectivity index (χ0v) is 10.6. The summed E-state index contributed by atoms with van der Waals surface area (Å²) in [5, 5.41) is 3.26. The minimum absolute atomic E-state index is 0.367. The summed E-state index contributed by atoms with van der Waals surface area (Å²) < 4.78 is 20.8. The van der Waals surface area contributed by atoms with Crippen LogP contribution in [-0.2, 0) is 5.67 Å². The molecule has 2 nitrogen and oxygen atoms in total. The highest BCUT2D eigenvalue weighted by Gasteiger charge is 2.33. The average molecular weight is 249 g/mol. The first-order valence-corrected chi connectivity index (χ1v) is 6.93. The summed E-state index contributed by atoms with van der Waals surface area (Å²) in [6.45, 7) is 1.67. The number of ether oxygens (including phenoxy) is 1. The van der Waals surface area contributed by atoms with E-state index in [1.165, 1.54) is 0 Å². The van der Waals surface area contributed by atoms with E-state index in [1.807, 2.05) is 24.3 Å². The largest absolute Gasteiger partial charge is 0.490 e. The minimum Gasteiger partial charge on any atom is -0.490 e. The first kappa shape index (κ1) is 12.0. The van der Waals surface area contributed by atoms with Gasteiger partial charge in [0.1, 0.15) is 11.4 Å². The summed E-state index contributed by atoms with van der Waals surface area (Å²) in [5.41, 5.74) is -0.406. The normalized spacial score (nSPS) is 28.7. The fourth-order valence-corrected chi connectivity index (χ4v) is 2.55. The van der Waals surface area contributed by atoms with E-state index in [1.54, 1.807) is 0 Å². The van der Waals surface area contributed by atoms with Crippen LogP contribution >= 0.6 is 0 Å². The van der Waals surface area contributed by atoms with Gasteiger partial charge >= 0.3 is 0 Å². The van der Waals surface area contributed by atoms with Gasteiger partial charge in [0.15, 0.2) is 0 Å². The van der Waals surface area contributed by atoms with E-state index in [-0.39, 0.29) is 0 Å². The van der Waals surface area contributed by atoms with Crippen LogP contribution < -0.4 is 10.1 Å².